The van der Waals surface area contributed by atoms with E-state index in [-0.39, 0.29) is 5.41 Å². The van der Waals surface area contributed by atoms with Gasteiger partial charge in [0.1, 0.15) is 0 Å². The highest BCUT2D eigenvalue weighted by molar-refractivity contribution is 6.14. The lowest BCUT2D eigenvalue weighted by Crippen LogP contribution is -2.22. The molecule has 2 aromatic heterocycles. The first-order valence-corrected chi connectivity index (χ1v) is 20.2. The fourth-order valence-electron chi connectivity index (χ4n) is 10.0. The first-order valence-electron chi connectivity index (χ1n) is 20.2. The van der Waals surface area contributed by atoms with Crippen LogP contribution in [0.2, 0.25) is 0 Å². The van der Waals surface area contributed by atoms with Gasteiger partial charge in [0, 0.05) is 38.3 Å². The molecule has 0 aliphatic heterocycles. The second-order valence-electron chi connectivity index (χ2n) is 15.9. The molecule has 9 aromatic carbocycles. The monoisotopic (exact) mass is 738 g/mol. The van der Waals surface area contributed by atoms with Crippen molar-refractivity contribution in [2.45, 2.75) is 12.3 Å². The molecule has 0 saturated heterocycles. The zero-order chi connectivity index (χ0) is 38.4. The van der Waals surface area contributed by atoms with E-state index in [1.165, 1.54) is 93.7 Å². The van der Waals surface area contributed by atoms with Crippen molar-refractivity contribution in [1.82, 2.24) is 9.13 Å². The van der Waals surface area contributed by atoms with E-state index in [1.54, 1.807) is 0 Å². The minimum absolute atomic E-state index is 0.276. The molecule has 1 atom stereocenters. The Balaban J connectivity index is 1.06. The maximum absolute atomic E-state index is 2.48. The third-order valence-corrected chi connectivity index (χ3v) is 12.8. The van der Waals surface area contributed by atoms with Gasteiger partial charge in [-0.2, -0.15) is 0 Å². The molecule has 1 unspecified atom stereocenters. The van der Waals surface area contributed by atoms with Crippen molar-refractivity contribution in [2.24, 2.45) is 0 Å². The lowest BCUT2D eigenvalue weighted by molar-refractivity contribution is 0.714. The van der Waals surface area contributed by atoms with Crippen LogP contribution in [-0.4, -0.2) is 9.13 Å². The van der Waals surface area contributed by atoms with Crippen molar-refractivity contribution < 1.29 is 0 Å². The largest absolute Gasteiger partial charge is 0.309 e. The van der Waals surface area contributed by atoms with Gasteiger partial charge < -0.3 is 9.13 Å². The van der Waals surface area contributed by atoms with E-state index >= 15 is 0 Å². The number of rotatable bonds is 5. The van der Waals surface area contributed by atoms with Crippen molar-refractivity contribution in [3.8, 4) is 44.8 Å². The normalized spacial score (nSPS) is 14.7. The van der Waals surface area contributed by atoms with E-state index in [2.05, 4.69) is 228 Å². The molecule has 58 heavy (non-hydrogen) atoms. The van der Waals surface area contributed by atoms with Gasteiger partial charge in [0.2, 0.25) is 0 Å². The Kier molecular flexibility index (Phi) is 7.09. The average Bonchev–Trinajstić information content (AvgIpc) is 3.89. The molecule has 272 valence electrons. The second-order valence-corrected chi connectivity index (χ2v) is 15.9. The number of nitrogens with zero attached hydrogens (tertiary/aromatic N) is 2. The van der Waals surface area contributed by atoms with Crippen LogP contribution in [0.3, 0.4) is 0 Å². The summed E-state index contributed by atoms with van der Waals surface area (Å²) in [5.41, 5.74) is 18.4. The van der Waals surface area contributed by atoms with Crippen LogP contribution in [0.5, 0.6) is 0 Å². The Morgan fingerprint density at radius 3 is 1.72 bits per heavy atom. The van der Waals surface area contributed by atoms with Gasteiger partial charge >= 0.3 is 0 Å². The van der Waals surface area contributed by atoms with Gasteiger partial charge in [-0.25, -0.2) is 0 Å². The maximum atomic E-state index is 2.48. The summed E-state index contributed by atoms with van der Waals surface area (Å²) in [5, 5.41) is 5.03. The van der Waals surface area contributed by atoms with Gasteiger partial charge in [-0.1, -0.05) is 152 Å². The van der Waals surface area contributed by atoms with Crippen LogP contribution in [0.15, 0.2) is 212 Å². The molecule has 0 bridgehead atoms. The molecule has 1 aliphatic carbocycles. The zero-order valence-electron chi connectivity index (χ0n) is 32.1. The molecule has 0 amide bonds. The summed E-state index contributed by atoms with van der Waals surface area (Å²) in [6.45, 7) is 2.40. The van der Waals surface area contributed by atoms with Crippen molar-refractivity contribution >= 4 is 43.6 Å². The predicted molar refractivity (Wildman–Crippen MR) is 243 cm³/mol. The summed E-state index contributed by atoms with van der Waals surface area (Å²) in [5.74, 6) is 0. The van der Waals surface area contributed by atoms with E-state index < -0.39 is 0 Å². The first kappa shape index (κ1) is 32.8. The SMILES string of the molecule is CC1(c2ccccc2)c2ccccc2-c2cc3c4ccc(-c5ccc6c(c5)c5ccccc5n6-c5cccc(-c6ccccc6)c5)cc4n(-c4ccccc4)c3cc21. The van der Waals surface area contributed by atoms with E-state index in [4.69, 9.17) is 0 Å². The highest BCUT2D eigenvalue weighted by Gasteiger charge is 2.41. The number of aromatic nitrogens is 2. The average molecular weight is 739 g/mol. The molecule has 0 radical (unpaired) electrons. The van der Waals surface area contributed by atoms with Crippen LogP contribution < -0.4 is 0 Å². The Hall–Kier alpha value is -7.42. The minimum Gasteiger partial charge on any atom is -0.309 e. The Morgan fingerprint density at radius 2 is 0.879 bits per heavy atom. The molecule has 1 aliphatic rings. The molecule has 2 nitrogen and oxygen atoms in total. The minimum atomic E-state index is -0.276. The third kappa shape index (κ3) is 4.72. The molecular formula is C56H38N2. The van der Waals surface area contributed by atoms with Gasteiger partial charge in [0.05, 0.1) is 22.1 Å². The van der Waals surface area contributed by atoms with Crippen LogP contribution >= 0.6 is 0 Å². The molecule has 2 heterocycles. The summed E-state index contributed by atoms with van der Waals surface area (Å²) < 4.78 is 4.89. The van der Waals surface area contributed by atoms with Gasteiger partial charge in [-0.05, 0) is 118 Å². The van der Waals surface area contributed by atoms with Crippen molar-refractivity contribution in [3.63, 3.8) is 0 Å². The summed E-state index contributed by atoms with van der Waals surface area (Å²) >= 11 is 0. The summed E-state index contributed by atoms with van der Waals surface area (Å²) in [6.07, 6.45) is 0. The quantitative estimate of drug-likeness (QED) is 0.166. The summed E-state index contributed by atoms with van der Waals surface area (Å²) in [7, 11) is 0. The molecular weight excluding hydrogens is 701 g/mol. The Morgan fingerprint density at radius 1 is 0.310 bits per heavy atom. The van der Waals surface area contributed by atoms with Crippen LogP contribution in [0.1, 0.15) is 23.6 Å². The topological polar surface area (TPSA) is 9.86 Å². The highest BCUT2D eigenvalue weighted by atomic mass is 15.0. The van der Waals surface area contributed by atoms with Gasteiger partial charge in [0.25, 0.3) is 0 Å². The van der Waals surface area contributed by atoms with E-state index in [0.717, 1.165) is 11.4 Å². The molecule has 2 heteroatoms. The molecule has 0 fully saturated rings. The zero-order valence-corrected chi connectivity index (χ0v) is 32.1. The van der Waals surface area contributed by atoms with Crippen molar-refractivity contribution in [3.05, 3.63) is 229 Å². The van der Waals surface area contributed by atoms with Crippen LogP contribution in [0.25, 0.3) is 88.4 Å². The Bertz CT molecular complexity index is 3390. The van der Waals surface area contributed by atoms with Crippen LogP contribution in [0.4, 0.5) is 0 Å². The van der Waals surface area contributed by atoms with Gasteiger partial charge in [0.15, 0.2) is 0 Å². The molecule has 0 N–H and O–H groups in total. The van der Waals surface area contributed by atoms with Crippen molar-refractivity contribution in [1.29, 1.82) is 0 Å². The van der Waals surface area contributed by atoms with Crippen LogP contribution in [0, 0.1) is 0 Å². The number of para-hydroxylation sites is 2. The molecule has 0 spiro atoms. The lowest BCUT2D eigenvalue weighted by atomic mass is 9.74. The second kappa shape index (κ2) is 12.5. The van der Waals surface area contributed by atoms with Gasteiger partial charge in [-0.15, -0.1) is 0 Å². The standard InChI is InChI=1S/C56H38N2/c1-56(41-19-7-3-8-20-41)50-26-13-11-24-44(50)47-35-49-46-30-28-40(34-54(46)57(55(49)36-51(47)56)42-21-9-4-10-22-42)39-29-31-53-48(33-39)45-25-12-14-27-52(45)58(53)43-23-15-18-38(32-43)37-16-5-2-6-17-37/h2-36H,1H3. The van der Waals surface area contributed by atoms with E-state index in [9.17, 15) is 0 Å². The van der Waals surface area contributed by atoms with E-state index in [0.29, 0.717) is 0 Å². The molecule has 0 saturated carbocycles. The lowest BCUT2D eigenvalue weighted by Gasteiger charge is -2.28. The van der Waals surface area contributed by atoms with Crippen LogP contribution in [-0.2, 0) is 5.41 Å². The predicted octanol–water partition coefficient (Wildman–Crippen LogP) is 14.5. The first-order chi connectivity index (χ1) is 28.6. The Labute approximate surface area is 337 Å². The van der Waals surface area contributed by atoms with Gasteiger partial charge in [-0.3, -0.25) is 0 Å². The smallest absolute Gasteiger partial charge is 0.0547 e. The summed E-state index contributed by atoms with van der Waals surface area (Å²) in [4.78, 5) is 0. The van der Waals surface area contributed by atoms with E-state index in [1.807, 2.05) is 0 Å². The fourth-order valence-corrected chi connectivity index (χ4v) is 10.0. The highest BCUT2D eigenvalue weighted by Crippen LogP contribution is 2.54. The maximum Gasteiger partial charge on any atom is 0.0547 e. The number of hydrogen-bond acceptors (Lipinski definition) is 0. The summed E-state index contributed by atoms with van der Waals surface area (Å²) in [6, 6.07) is 78.2. The molecule has 12 rings (SSSR count). The number of hydrogen-bond donors (Lipinski definition) is 0. The van der Waals surface area contributed by atoms with Crippen molar-refractivity contribution in [2.75, 3.05) is 0 Å². The fraction of sp³-hybridized carbons (Fsp3) is 0.0357. The number of benzene rings is 9. The number of fused-ring (bicyclic) bond motifs is 9. The third-order valence-electron chi connectivity index (χ3n) is 12.8. The molecule has 11 aromatic rings.